The highest BCUT2D eigenvalue weighted by molar-refractivity contribution is 5.96. The first-order chi connectivity index (χ1) is 16.0. The van der Waals surface area contributed by atoms with Gasteiger partial charge in [0.15, 0.2) is 11.5 Å². The lowest BCUT2D eigenvalue weighted by molar-refractivity contribution is 0.0951. The summed E-state index contributed by atoms with van der Waals surface area (Å²) in [6, 6.07) is 15.3. The van der Waals surface area contributed by atoms with Gasteiger partial charge < -0.3 is 19.9 Å². The third-order valence-electron chi connectivity index (χ3n) is 6.28. The van der Waals surface area contributed by atoms with Gasteiger partial charge in [0.05, 0.1) is 12.7 Å². The molecule has 0 radical (unpaired) electrons. The molecule has 0 saturated heterocycles. The van der Waals surface area contributed by atoms with E-state index in [4.69, 9.17) is 9.47 Å². The van der Waals surface area contributed by atoms with Gasteiger partial charge in [-0.2, -0.15) is 0 Å². The molecule has 2 N–H and O–H groups in total. The highest BCUT2D eigenvalue weighted by Crippen LogP contribution is 2.41. The van der Waals surface area contributed by atoms with Gasteiger partial charge in [0.2, 0.25) is 0 Å². The van der Waals surface area contributed by atoms with Crippen LogP contribution in [-0.2, 0) is 0 Å². The minimum atomic E-state index is -0.0794. The summed E-state index contributed by atoms with van der Waals surface area (Å²) in [7, 11) is 0. The Morgan fingerprint density at radius 1 is 1.00 bits per heavy atom. The molecule has 4 rings (SSSR count). The zero-order valence-electron chi connectivity index (χ0n) is 19.5. The lowest BCUT2D eigenvalue weighted by atomic mass is 9.97. The molecule has 3 aromatic carbocycles. The summed E-state index contributed by atoms with van der Waals surface area (Å²) in [5.74, 6) is 1.22. The molecule has 1 aliphatic carbocycles. The second-order valence-corrected chi connectivity index (χ2v) is 8.92. The molecule has 33 heavy (non-hydrogen) atoms. The number of aromatic hydroxyl groups is 1. The molecular formula is C28H33NO4. The summed E-state index contributed by atoms with van der Waals surface area (Å²) in [5, 5.41) is 15.3. The Balaban J connectivity index is 1.37. The van der Waals surface area contributed by atoms with Gasteiger partial charge in [-0.1, -0.05) is 48.4 Å². The molecule has 0 aliphatic heterocycles. The maximum Gasteiger partial charge on any atom is 0.251 e. The molecule has 5 heteroatoms. The molecule has 3 aromatic rings. The molecule has 1 amide bonds. The van der Waals surface area contributed by atoms with Gasteiger partial charge in [0.1, 0.15) is 5.75 Å². The second kappa shape index (κ2) is 10.6. The standard InChI is InChI=1S/C28H33NO4/c1-19-13-14-22(20(2)17-19)28(31)29-15-8-16-32-26-18-25(33-21-9-4-3-5-10-21)23-11-6-7-12-24(23)27(26)30/h6-7,11-14,17-18,21,30H,3-5,8-10,15-16H2,1-2H3,(H,29,31). The fourth-order valence-electron chi connectivity index (χ4n) is 4.49. The van der Waals surface area contributed by atoms with Crippen LogP contribution in [0.5, 0.6) is 17.2 Å². The van der Waals surface area contributed by atoms with Gasteiger partial charge >= 0.3 is 0 Å². The van der Waals surface area contributed by atoms with Crippen LogP contribution in [0, 0.1) is 13.8 Å². The van der Waals surface area contributed by atoms with Crippen LogP contribution in [0.2, 0.25) is 0 Å². The number of carbonyl (C=O) groups is 1. The van der Waals surface area contributed by atoms with Crippen LogP contribution < -0.4 is 14.8 Å². The lowest BCUT2D eigenvalue weighted by Crippen LogP contribution is -2.26. The maximum absolute atomic E-state index is 12.4. The minimum Gasteiger partial charge on any atom is -0.504 e. The van der Waals surface area contributed by atoms with Crippen molar-refractivity contribution >= 4 is 16.7 Å². The molecule has 0 bridgehead atoms. The van der Waals surface area contributed by atoms with Crippen molar-refractivity contribution in [1.82, 2.24) is 5.32 Å². The predicted octanol–water partition coefficient (Wildman–Crippen LogP) is 6.07. The van der Waals surface area contributed by atoms with Crippen LogP contribution in [0.25, 0.3) is 10.8 Å². The van der Waals surface area contributed by atoms with E-state index in [2.05, 4.69) is 5.32 Å². The third kappa shape index (κ3) is 5.59. The highest BCUT2D eigenvalue weighted by atomic mass is 16.5. The van der Waals surface area contributed by atoms with E-state index in [1.54, 1.807) is 6.07 Å². The van der Waals surface area contributed by atoms with Crippen LogP contribution >= 0.6 is 0 Å². The highest BCUT2D eigenvalue weighted by Gasteiger charge is 2.19. The van der Waals surface area contributed by atoms with Gasteiger partial charge in [-0.25, -0.2) is 0 Å². The van der Waals surface area contributed by atoms with E-state index in [9.17, 15) is 9.90 Å². The molecule has 0 aromatic heterocycles. The van der Waals surface area contributed by atoms with Crippen LogP contribution in [0.4, 0.5) is 0 Å². The van der Waals surface area contributed by atoms with Gasteiger partial charge in [0.25, 0.3) is 5.91 Å². The average Bonchev–Trinajstić information content (AvgIpc) is 2.82. The summed E-state index contributed by atoms with van der Waals surface area (Å²) in [5.41, 5.74) is 2.80. The monoisotopic (exact) mass is 447 g/mol. The first-order valence-electron chi connectivity index (χ1n) is 11.9. The summed E-state index contributed by atoms with van der Waals surface area (Å²) in [4.78, 5) is 12.4. The topological polar surface area (TPSA) is 67.8 Å². The minimum absolute atomic E-state index is 0.0794. The van der Waals surface area contributed by atoms with Crippen LogP contribution in [-0.4, -0.2) is 30.3 Å². The Labute approximate surface area is 195 Å². The fraction of sp³-hybridized carbons (Fsp3) is 0.393. The van der Waals surface area contributed by atoms with Crippen LogP contribution in [0.1, 0.15) is 60.0 Å². The number of amides is 1. The Morgan fingerprint density at radius 2 is 1.76 bits per heavy atom. The average molecular weight is 448 g/mol. The van der Waals surface area contributed by atoms with Crippen LogP contribution in [0.15, 0.2) is 48.5 Å². The number of phenolic OH excluding ortho intramolecular Hbond substituents is 1. The van der Waals surface area contributed by atoms with Gasteiger partial charge in [-0.3, -0.25) is 4.79 Å². The fourth-order valence-corrected chi connectivity index (χ4v) is 4.49. The van der Waals surface area contributed by atoms with E-state index in [-0.39, 0.29) is 17.8 Å². The van der Waals surface area contributed by atoms with Crippen molar-refractivity contribution in [3.05, 3.63) is 65.2 Å². The number of phenols is 1. The number of hydrogen-bond acceptors (Lipinski definition) is 4. The summed E-state index contributed by atoms with van der Waals surface area (Å²) in [6.07, 6.45) is 6.61. The normalized spacial score (nSPS) is 14.2. The van der Waals surface area contributed by atoms with Gasteiger partial charge in [-0.05, 0) is 57.6 Å². The van der Waals surface area contributed by atoms with Crippen molar-refractivity contribution in [2.24, 2.45) is 0 Å². The van der Waals surface area contributed by atoms with E-state index in [1.165, 1.54) is 19.3 Å². The number of ether oxygens (including phenoxy) is 2. The zero-order chi connectivity index (χ0) is 23.2. The SMILES string of the molecule is Cc1ccc(C(=O)NCCCOc2cc(OC3CCCCC3)c3ccccc3c2O)c(C)c1. The Hall–Kier alpha value is -3.21. The molecule has 1 saturated carbocycles. The molecule has 1 fully saturated rings. The number of nitrogens with one attached hydrogen (secondary N) is 1. The first-order valence-corrected chi connectivity index (χ1v) is 11.9. The van der Waals surface area contributed by atoms with Crippen molar-refractivity contribution < 1.29 is 19.4 Å². The first kappa shape index (κ1) is 23.0. The molecule has 0 heterocycles. The summed E-state index contributed by atoms with van der Waals surface area (Å²) >= 11 is 0. The molecule has 5 nitrogen and oxygen atoms in total. The van der Waals surface area contributed by atoms with E-state index in [1.807, 2.05) is 56.3 Å². The molecule has 1 aliphatic rings. The quantitative estimate of drug-likeness (QED) is 0.411. The van der Waals surface area contributed by atoms with Gasteiger partial charge in [-0.15, -0.1) is 0 Å². The van der Waals surface area contributed by atoms with E-state index in [0.29, 0.717) is 30.9 Å². The summed E-state index contributed by atoms with van der Waals surface area (Å²) in [6.45, 7) is 4.83. The Morgan fingerprint density at radius 3 is 2.52 bits per heavy atom. The predicted molar refractivity (Wildman–Crippen MR) is 131 cm³/mol. The Bertz CT molecular complexity index is 1120. The second-order valence-electron chi connectivity index (χ2n) is 8.92. The number of carbonyl (C=O) groups excluding carboxylic acids is 1. The number of fused-ring (bicyclic) bond motifs is 1. The van der Waals surface area contributed by atoms with Crippen molar-refractivity contribution in [1.29, 1.82) is 0 Å². The van der Waals surface area contributed by atoms with Crippen molar-refractivity contribution in [2.75, 3.05) is 13.2 Å². The van der Waals surface area contributed by atoms with Crippen molar-refractivity contribution in [3.8, 4) is 17.2 Å². The summed E-state index contributed by atoms with van der Waals surface area (Å²) < 4.78 is 12.3. The molecule has 0 unspecified atom stereocenters. The van der Waals surface area contributed by atoms with Crippen molar-refractivity contribution in [3.63, 3.8) is 0 Å². The zero-order valence-corrected chi connectivity index (χ0v) is 19.5. The van der Waals surface area contributed by atoms with Crippen molar-refractivity contribution in [2.45, 2.75) is 58.5 Å². The van der Waals surface area contributed by atoms with Gasteiger partial charge in [0, 0.05) is 28.9 Å². The third-order valence-corrected chi connectivity index (χ3v) is 6.28. The van der Waals surface area contributed by atoms with E-state index < -0.39 is 0 Å². The van der Waals surface area contributed by atoms with E-state index >= 15 is 0 Å². The lowest BCUT2D eigenvalue weighted by Gasteiger charge is -2.24. The largest absolute Gasteiger partial charge is 0.504 e. The molecule has 0 spiro atoms. The Kier molecular flexibility index (Phi) is 7.38. The molecule has 0 atom stereocenters. The van der Waals surface area contributed by atoms with Crippen LogP contribution in [0.3, 0.4) is 0 Å². The maximum atomic E-state index is 12.4. The number of aryl methyl sites for hydroxylation is 2. The number of benzene rings is 3. The smallest absolute Gasteiger partial charge is 0.251 e. The molecular weight excluding hydrogens is 414 g/mol. The number of rotatable bonds is 8. The van der Waals surface area contributed by atoms with E-state index in [0.717, 1.165) is 40.5 Å². The number of hydrogen-bond donors (Lipinski definition) is 2. The molecule has 174 valence electrons.